The maximum absolute atomic E-state index is 2.45. The summed E-state index contributed by atoms with van der Waals surface area (Å²) in [6.45, 7) is 7.05. The lowest BCUT2D eigenvalue weighted by molar-refractivity contribution is 0.339. The highest BCUT2D eigenvalue weighted by atomic mass is 15.1. The minimum atomic E-state index is 0.0858. The molecular weight excluding hydrogens is 436 g/mol. The summed E-state index contributed by atoms with van der Waals surface area (Å²) < 4.78 is 4.79. The molecule has 0 amide bonds. The molecule has 2 heterocycles. The minimum absolute atomic E-state index is 0.0858. The van der Waals surface area contributed by atoms with E-state index in [0.29, 0.717) is 5.92 Å². The summed E-state index contributed by atoms with van der Waals surface area (Å²) in [5.41, 5.74) is 9.06. The average molecular weight is 470 g/mol. The van der Waals surface area contributed by atoms with Gasteiger partial charge >= 0.3 is 0 Å². The van der Waals surface area contributed by atoms with Crippen LogP contribution in [0.5, 0.6) is 0 Å². The van der Waals surface area contributed by atoms with E-state index in [0.717, 1.165) is 0 Å². The van der Waals surface area contributed by atoms with E-state index in [2.05, 4.69) is 147 Å². The maximum atomic E-state index is 2.45. The van der Waals surface area contributed by atoms with Gasteiger partial charge in [0, 0.05) is 49.0 Å². The summed E-state index contributed by atoms with van der Waals surface area (Å²) in [4.78, 5) is 0. The van der Waals surface area contributed by atoms with Crippen molar-refractivity contribution >= 4 is 16.5 Å². The van der Waals surface area contributed by atoms with Crippen molar-refractivity contribution in [2.45, 2.75) is 32.2 Å². The quantitative estimate of drug-likeness (QED) is 0.282. The monoisotopic (exact) mass is 469 g/mol. The molecule has 6 rings (SSSR count). The molecule has 0 saturated heterocycles. The van der Waals surface area contributed by atoms with Crippen molar-refractivity contribution < 1.29 is 0 Å². The number of hydrogen-bond acceptors (Lipinski definition) is 0. The molecule has 0 bridgehead atoms. The zero-order valence-electron chi connectivity index (χ0n) is 21.8. The smallest absolute Gasteiger partial charge is 0.203 e. The fourth-order valence-corrected chi connectivity index (χ4v) is 5.98. The van der Waals surface area contributed by atoms with Crippen molar-refractivity contribution in [1.82, 2.24) is 9.14 Å². The number of hydrogen-bond donors (Lipinski definition) is 0. The number of likely N-dealkylation sites (N-methyl/N-ethyl adjacent to an activating group) is 1. The van der Waals surface area contributed by atoms with Crippen LogP contribution in [-0.2, 0) is 7.05 Å². The first-order valence-electron chi connectivity index (χ1n) is 12.8. The summed E-state index contributed by atoms with van der Waals surface area (Å²) in [7, 11) is 4.42. The first-order chi connectivity index (χ1) is 17.4. The molecule has 1 aliphatic heterocycles. The molecule has 5 aromatic rings. The van der Waals surface area contributed by atoms with Gasteiger partial charge in [0.1, 0.15) is 7.05 Å². The number of para-hydroxylation sites is 1. The van der Waals surface area contributed by atoms with E-state index in [-0.39, 0.29) is 5.54 Å². The van der Waals surface area contributed by atoms with E-state index in [4.69, 9.17) is 0 Å². The standard InChI is InChI=1S/C34H33N2/c1-23-28-22-26(20-21-30(28)36(5)34(23,2)3)31(24-14-8-6-9-15-24)32-27-18-12-13-19-29(27)35(4)33(32)25-16-10-7-11-17-25/h6-23H,1-5H3/q+1. The predicted molar refractivity (Wildman–Crippen MR) is 152 cm³/mol. The highest BCUT2D eigenvalue weighted by Crippen LogP contribution is 2.39. The van der Waals surface area contributed by atoms with E-state index >= 15 is 0 Å². The van der Waals surface area contributed by atoms with Crippen LogP contribution >= 0.6 is 0 Å². The van der Waals surface area contributed by atoms with Gasteiger partial charge in [0.05, 0.1) is 11.6 Å². The summed E-state index contributed by atoms with van der Waals surface area (Å²) in [6.07, 6.45) is 0. The van der Waals surface area contributed by atoms with Gasteiger partial charge in [-0.2, -0.15) is 0 Å². The second-order valence-corrected chi connectivity index (χ2v) is 10.6. The van der Waals surface area contributed by atoms with Crippen molar-refractivity contribution in [3.05, 3.63) is 130 Å². The van der Waals surface area contributed by atoms with Crippen LogP contribution in [0.1, 0.15) is 43.4 Å². The fourth-order valence-electron chi connectivity index (χ4n) is 5.98. The molecule has 0 aliphatic carbocycles. The van der Waals surface area contributed by atoms with Crippen LogP contribution in [0.4, 0.5) is 0 Å². The fraction of sp³-hybridized carbons (Fsp3) is 0.206. The van der Waals surface area contributed by atoms with Crippen LogP contribution in [0.2, 0.25) is 0 Å². The Balaban J connectivity index is 1.79. The zero-order valence-corrected chi connectivity index (χ0v) is 21.8. The van der Waals surface area contributed by atoms with Crippen LogP contribution in [0.3, 0.4) is 0 Å². The largest absolute Gasteiger partial charge is 0.343 e. The lowest BCUT2D eigenvalue weighted by atomic mass is 9.85. The van der Waals surface area contributed by atoms with E-state index in [1.165, 1.54) is 55.0 Å². The van der Waals surface area contributed by atoms with Crippen molar-refractivity contribution in [2.24, 2.45) is 7.05 Å². The van der Waals surface area contributed by atoms with Crippen LogP contribution in [0, 0.1) is 0 Å². The Bertz CT molecular complexity index is 1720. The Morgan fingerprint density at radius 3 is 2.17 bits per heavy atom. The first-order valence-corrected chi connectivity index (χ1v) is 12.8. The van der Waals surface area contributed by atoms with Crippen molar-refractivity contribution in [1.29, 1.82) is 0 Å². The Hall–Kier alpha value is -3.91. The van der Waals surface area contributed by atoms with Crippen LogP contribution < -0.4 is 15.2 Å². The molecule has 1 unspecified atom stereocenters. The van der Waals surface area contributed by atoms with Crippen molar-refractivity contribution in [3.8, 4) is 11.3 Å². The molecule has 178 valence electrons. The Kier molecular flexibility index (Phi) is 5.22. The SMILES string of the molecule is CC1c2c/c(=C(\c3ccccc3)c3c(-c4ccccc4)n(C)c4ccccc34)ccc2=[N+](C)C1(C)C. The molecule has 36 heavy (non-hydrogen) atoms. The Labute approximate surface area is 213 Å². The molecule has 0 fully saturated rings. The molecule has 0 radical (unpaired) electrons. The van der Waals surface area contributed by atoms with Crippen molar-refractivity contribution in [2.75, 3.05) is 7.05 Å². The molecule has 1 atom stereocenters. The molecule has 2 nitrogen and oxygen atoms in total. The van der Waals surface area contributed by atoms with E-state index in [9.17, 15) is 0 Å². The van der Waals surface area contributed by atoms with Gasteiger partial charge in [0.2, 0.25) is 5.36 Å². The van der Waals surface area contributed by atoms with Crippen molar-refractivity contribution in [3.63, 3.8) is 0 Å². The van der Waals surface area contributed by atoms with Gasteiger partial charge in [-0.1, -0.05) is 85.8 Å². The van der Waals surface area contributed by atoms with Gasteiger partial charge in [-0.25, -0.2) is 4.58 Å². The van der Waals surface area contributed by atoms with Crippen LogP contribution in [0.15, 0.2) is 103 Å². The van der Waals surface area contributed by atoms with Gasteiger partial charge in [-0.05, 0) is 40.1 Å². The third-order valence-corrected chi connectivity index (χ3v) is 8.53. The van der Waals surface area contributed by atoms with Gasteiger partial charge in [0.15, 0.2) is 5.54 Å². The lowest BCUT2D eigenvalue weighted by Crippen LogP contribution is -2.40. The van der Waals surface area contributed by atoms with Crippen LogP contribution in [-0.4, -0.2) is 17.2 Å². The first kappa shape index (κ1) is 22.5. The number of rotatable bonds is 3. The van der Waals surface area contributed by atoms with E-state index in [1.54, 1.807) is 0 Å². The van der Waals surface area contributed by atoms with Gasteiger partial charge in [-0.3, -0.25) is 0 Å². The molecular formula is C34H33N2+. The average Bonchev–Trinajstić information content (AvgIpc) is 3.29. The predicted octanol–water partition coefficient (Wildman–Crippen LogP) is 6.11. The van der Waals surface area contributed by atoms with E-state index in [1.807, 2.05) is 0 Å². The third kappa shape index (κ3) is 3.28. The number of fused-ring (bicyclic) bond motifs is 2. The number of aryl methyl sites for hydroxylation is 1. The maximum Gasteiger partial charge on any atom is 0.203 e. The topological polar surface area (TPSA) is 7.94 Å². The third-order valence-electron chi connectivity index (χ3n) is 8.53. The minimum Gasteiger partial charge on any atom is -0.343 e. The molecule has 0 saturated carbocycles. The van der Waals surface area contributed by atoms with Gasteiger partial charge in [-0.15, -0.1) is 0 Å². The highest BCUT2D eigenvalue weighted by molar-refractivity contribution is 6.04. The van der Waals surface area contributed by atoms with E-state index < -0.39 is 0 Å². The summed E-state index contributed by atoms with van der Waals surface area (Å²) in [6, 6.07) is 37.6. The Morgan fingerprint density at radius 2 is 1.44 bits per heavy atom. The molecule has 0 spiro atoms. The van der Waals surface area contributed by atoms with Gasteiger partial charge < -0.3 is 4.57 Å². The molecule has 4 aromatic carbocycles. The number of nitrogens with zero attached hydrogens (tertiary/aromatic N) is 2. The second-order valence-electron chi connectivity index (χ2n) is 10.6. The highest BCUT2D eigenvalue weighted by Gasteiger charge is 2.42. The molecule has 2 heteroatoms. The number of aromatic nitrogens is 1. The lowest BCUT2D eigenvalue weighted by Gasteiger charge is -2.20. The summed E-state index contributed by atoms with van der Waals surface area (Å²) in [5, 5.41) is 3.89. The van der Waals surface area contributed by atoms with Crippen LogP contribution in [0.25, 0.3) is 27.7 Å². The summed E-state index contributed by atoms with van der Waals surface area (Å²) in [5.74, 6) is 0.440. The normalized spacial score (nSPS) is 17.4. The zero-order chi connectivity index (χ0) is 25.0. The molecule has 1 aromatic heterocycles. The molecule has 0 N–H and O–H groups in total. The van der Waals surface area contributed by atoms with Gasteiger partial charge in [0.25, 0.3) is 0 Å². The number of benzene rings is 4. The molecule has 1 aliphatic rings. The summed E-state index contributed by atoms with van der Waals surface area (Å²) >= 11 is 0. The second kappa shape index (κ2) is 8.34. The Morgan fingerprint density at radius 1 is 0.806 bits per heavy atom.